The van der Waals surface area contributed by atoms with Crippen LogP contribution >= 0.6 is 0 Å². The van der Waals surface area contributed by atoms with Crippen molar-refractivity contribution in [1.82, 2.24) is 0 Å². The number of rotatable bonds is 7. The van der Waals surface area contributed by atoms with Crippen LogP contribution in [0.3, 0.4) is 0 Å². The van der Waals surface area contributed by atoms with E-state index in [2.05, 4.69) is 53.4 Å². The second kappa shape index (κ2) is 9.29. The molecular formula is C18H24LiNO3S. The molecule has 24 heavy (non-hydrogen) atoms. The molecule has 0 atom stereocenters. The van der Waals surface area contributed by atoms with Crippen molar-refractivity contribution >= 4 is 21.5 Å². The quantitative estimate of drug-likeness (QED) is 0.467. The van der Waals surface area contributed by atoms with Crippen LogP contribution in [0.4, 0.5) is 11.4 Å². The van der Waals surface area contributed by atoms with E-state index in [1.165, 1.54) is 11.1 Å². The van der Waals surface area contributed by atoms with Crippen molar-refractivity contribution in [3.63, 3.8) is 0 Å². The van der Waals surface area contributed by atoms with Gasteiger partial charge in [-0.15, -0.1) is 0 Å². The van der Waals surface area contributed by atoms with Gasteiger partial charge in [-0.3, -0.25) is 4.55 Å². The first-order chi connectivity index (χ1) is 10.8. The van der Waals surface area contributed by atoms with Crippen LogP contribution in [0.15, 0.2) is 48.5 Å². The summed E-state index contributed by atoms with van der Waals surface area (Å²) in [7, 11) is -3.88. The van der Waals surface area contributed by atoms with Gasteiger partial charge in [0.25, 0.3) is 10.1 Å². The number of hydrogen-bond donors (Lipinski definition) is 1. The molecule has 0 aliphatic heterocycles. The van der Waals surface area contributed by atoms with Crippen LogP contribution in [-0.2, 0) is 10.1 Å². The number of anilines is 2. The van der Waals surface area contributed by atoms with Crippen LogP contribution in [0.25, 0.3) is 0 Å². The van der Waals surface area contributed by atoms with Crippen molar-refractivity contribution in [1.29, 1.82) is 0 Å². The zero-order valence-electron chi connectivity index (χ0n) is 15.6. The van der Waals surface area contributed by atoms with Gasteiger partial charge in [0, 0.05) is 17.9 Å². The number of unbranched alkanes of at least 4 members (excludes halogenated alkanes) is 1. The fourth-order valence-electron chi connectivity index (χ4n) is 2.41. The van der Waals surface area contributed by atoms with Gasteiger partial charge in [-0.1, -0.05) is 35.4 Å². The summed E-state index contributed by atoms with van der Waals surface area (Å²) in [5.74, 6) is -0.192. The fraction of sp³-hybridized carbons (Fsp3) is 0.333. The number of benzene rings is 2. The summed E-state index contributed by atoms with van der Waals surface area (Å²) in [6.45, 7) is 4.79. The molecule has 4 nitrogen and oxygen atoms in total. The fourth-order valence-corrected chi connectivity index (χ4v) is 2.98. The van der Waals surface area contributed by atoms with Crippen molar-refractivity contribution in [2.24, 2.45) is 0 Å². The van der Waals surface area contributed by atoms with Crippen LogP contribution in [0.5, 0.6) is 0 Å². The van der Waals surface area contributed by atoms with E-state index < -0.39 is 10.1 Å². The summed E-state index contributed by atoms with van der Waals surface area (Å²) in [5.41, 5.74) is 4.55. The molecule has 0 fully saturated rings. The zero-order chi connectivity index (χ0) is 16.9. The molecular weight excluding hydrogens is 317 g/mol. The third-order valence-corrected chi connectivity index (χ3v) is 4.53. The molecule has 0 aliphatic carbocycles. The minimum Gasteiger partial charge on any atom is -1.00 e. The molecule has 2 aromatic carbocycles. The minimum atomic E-state index is -3.88. The second-order valence-corrected chi connectivity index (χ2v) is 7.39. The van der Waals surface area contributed by atoms with Crippen molar-refractivity contribution in [2.75, 3.05) is 17.2 Å². The number of aryl methyl sites for hydroxylation is 2. The van der Waals surface area contributed by atoms with Crippen molar-refractivity contribution in [3.8, 4) is 0 Å². The Morgan fingerprint density at radius 1 is 0.875 bits per heavy atom. The van der Waals surface area contributed by atoms with Gasteiger partial charge < -0.3 is 6.33 Å². The first-order valence-corrected chi connectivity index (χ1v) is 9.32. The molecule has 0 unspecified atom stereocenters. The van der Waals surface area contributed by atoms with E-state index in [-0.39, 0.29) is 26.0 Å². The molecule has 1 N–H and O–H groups in total. The van der Waals surface area contributed by atoms with Crippen LogP contribution in [0, 0.1) is 13.8 Å². The zero-order valence-corrected chi connectivity index (χ0v) is 15.4. The monoisotopic (exact) mass is 341 g/mol. The van der Waals surface area contributed by atoms with Gasteiger partial charge in [0.2, 0.25) is 0 Å². The standard InChI is InChI=1S/C18H23NO3S.Li.H/c1-15-5-9-17(10-6-15)19(13-3-4-14-23(20,21)22)18-11-7-16(2)8-12-18;;/h5-12H,3-4,13-14H2,1-2H3,(H,20,21,22);;/q;+1;-1. The largest absolute Gasteiger partial charge is 1.00 e. The Kier molecular flexibility index (Phi) is 8.05. The van der Waals surface area contributed by atoms with Crippen LogP contribution in [0.1, 0.15) is 25.4 Å². The van der Waals surface area contributed by atoms with E-state index in [1.807, 2.05) is 13.8 Å². The Morgan fingerprint density at radius 2 is 1.29 bits per heavy atom. The predicted molar refractivity (Wildman–Crippen MR) is 96.1 cm³/mol. The second-order valence-electron chi connectivity index (χ2n) is 5.82. The van der Waals surface area contributed by atoms with Crippen molar-refractivity contribution in [3.05, 3.63) is 59.7 Å². The molecule has 0 saturated heterocycles. The summed E-state index contributed by atoms with van der Waals surface area (Å²) < 4.78 is 30.5. The topological polar surface area (TPSA) is 57.6 Å². The predicted octanol–water partition coefficient (Wildman–Crippen LogP) is 1.23. The molecule has 0 aliphatic rings. The van der Waals surface area contributed by atoms with Gasteiger partial charge >= 0.3 is 18.9 Å². The summed E-state index contributed by atoms with van der Waals surface area (Å²) in [4.78, 5) is 2.17. The van der Waals surface area contributed by atoms with Crippen LogP contribution in [0.2, 0.25) is 0 Å². The summed E-state index contributed by atoms with van der Waals surface area (Å²) in [6.07, 6.45) is 1.12. The normalized spacial score (nSPS) is 11.0. The van der Waals surface area contributed by atoms with E-state index in [9.17, 15) is 8.42 Å². The maximum Gasteiger partial charge on any atom is 1.00 e. The molecule has 126 valence electrons. The molecule has 2 rings (SSSR count). The van der Waals surface area contributed by atoms with Crippen LogP contribution in [-0.4, -0.2) is 25.3 Å². The van der Waals surface area contributed by atoms with Gasteiger partial charge in [0.05, 0.1) is 5.75 Å². The van der Waals surface area contributed by atoms with E-state index >= 15 is 0 Å². The first-order valence-electron chi connectivity index (χ1n) is 7.71. The SMILES string of the molecule is Cc1ccc(N(CCCCS(=O)(=O)O)c2ccc(C)cc2)cc1.[H-].[Li+]. The molecule has 0 aromatic heterocycles. The first kappa shape index (κ1) is 20.8. The molecule has 0 radical (unpaired) electrons. The Hall–Kier alpha value is -1.25. The van der Waals surface area contributed by atoms with E-state index in [0.29, 0.717) is 19.4 Å². The molecule has 6 heteroatoms. The third kappa shape index (κ3) is 6.70. The van der Waals surface area contributed by atoms with E-state index in [1.54, 1.807) is 0 Å². The minimum absolute atomic E-state index is 0. The maximum absolute atomic E-state index is 10.8. The van der Waals surface area contributed by atoms with Gasteiger partial charge in [-0.05, 0) is 51.0 Å². The van der Waals surface area contributed by atoms with Crippen molar-refractivity contribution in [2.45, 2.75) is 26.7 Å². The van der Waals surface area contributed by atoms with Gasteiger partial charge in [-0.2, -0.15) is 8.42 Å². The maximum atomic E-state index is 10.8. The molecule has 0 saturated carbocycles. The molecule has 0 spiro atoms. The Bertz CT molecular complexity index is 688. The summed E-state index contributed by atoms with van der Waals surface area (Å²) in [6, 6.07) is 16.5. The molecule has 2 aromatic rings. The van der Waals surface area contributed by atoms with Gasteiger partial charge in [-0.25, -0.2) is 0 Å². The Labute approximate surface area is 158 Å². The van der Waals surface area contributed by atoms with Gasteiger partial charge in [0.1, 0.15) is 0 Å². The van der Waals surface area contributed by atoms with E-state index in [0.717, 1.165) is 11.4 Å². The van der Waals surface area contributed by atoms with Crippen molar-refractivity contribution < 1.29 is 33.3 Å². The van der Waals surface area contributed by atoms with Gasteiger partial charge in [0.15, 0.2) is 0 Å². The summed E-state index contributed by atoms with van der Waals surface area (Å²) >= 11 is 0. The summed E-state index contributed by atoms with van der Waals surface area (Å²) in [5, 5.41) is 0. The third-order valence-electron chi connectivity index (χ3n) is 3.73. The average molecular weight is 341 g/mol. The smallest absolute Gasteiger partial charge is 1.00 e. The Morgan fingerprint density at radius 3 is 1.67 bits per heavy atom. The molecule has 0 bridgehead atoms. The number of nitrogens with zero attached hydrogens (tertiary/aromatic N) is 1. The van der Waals surface area contributed by atoms with Crippen LogP contribution < -0.4 is 23.8 Å². The average Bonchev–Trinajstić information content (AvgIpc) is 2.49. The van der Waals surface area contributed by atoms with E-state index in [4.69, 9.17) is 4.55 Å². The number of hydrogen-bond acceptors (Lipinski definition) is 3. The molecule has 0 heterocycles. The Balaban J connectivity index is 0.00000288. The molecule has 0 amide bonds.